The van der Waals surface area contributed by atoms with Crippen LogP contribution in [-0.2, 0) is 15.4 Å². The van der Waals surface area contributed by atoms with Crippen LogP contribution in [0, 0.1) is 0 Å². The van der Waals surface area contributed by atoms with Gasteiger partial charge in [-0.05, 0) is 52.3 Å². The second-order valence-corrected chi connectivity index (χ2v) is 5.73. The third-order valence-corrected chi connectivity index (χ3v) is 2.29. The van der Waals surface area contributed by atoms with Gasteiger partial charge in [0.2, 0.25) is 0 Å². The van der Waals surface area contributed by atoms with Crippen molar-refractivity contribution in [3.8, 4) is 0 Å². The van der Waals surface area contributed by atoms with Gasteiger partial charge in [-0.2, -0.15) is 0 Å². The van der Waals surface area contributed by atoms with Crippen molar-refractivity contribution in [3.05, 3.63) is 34.9 Å². The largest absolute Gasteiger partial charge is 0.230 e. The SMILES string of the molecule is CC(C)(C)OOC(C)(C)c1ccc(Cl)cc1. The van der Waals surface area contributed by atoms with E-state index in [9.17, 15) is 0 Å². The predicted octanol–water partition coefficient (Wildman–Crippen LogP) is 4.32. The second kappa shape index (κ2) is 4.74. The maximum Gasteiger partial charge on any atom is 0.123 e. The summed E-state index contributed by atoms with van der Waals surface area (Å²) < 4.78 is 0. The van der Waals surface area contributed by atoms with Gasteiger partial charge in [-0.1, -0.05) is 23.7 Å². The molecular weight excluding hydrogens is 224 g/mol. The highest BCUT2D eigenvalue weighted by atomic mass is 35.5. The molecule has 16 heavy (non-hydrogen) atoms. The Labute approximate surface area is 102 Å². The molecule has 1 aromatic rings. The van der Waals surface area contributed by atoms with Gasteiger partial charge in [0, 0.05) is 5.02 Å². The van der Waals surface area contributed by atoms with E-state index in [1.165, 1.54) is 0 Å². The van der Waals surface area contributed by atoms with Crippen molar-refractivity contribution in [1.82, 2.24) is 0 Å². The Kier molecular flexibility index (Phi) is 4.00. The molecule has 0 spiro atoms. The molecule has 90 valence electrons. The molecule has 0 saturated carbocycles. The van der Waals surface area contributed by atoms with Gasteiger partial charge in [0.05, 0.1) is 5.60 Å². The van der Waals surface area contributed by atoms with E-state index >= 15 is 0 Å². The molecule has 3 heteroatoms. The summed E-state index contributed by atoms with van der Waals surface area (Å²) in [5.74, 6) is 0. The van der Waals surface area contributed by atoms with E-state index < -0.39 is 5.60 Å². The third-order valence-electron chi connectivity index (χ3n) is 2.04. The van der Waals surface area contributed by atoms with Crippen LogP contribution in [0.3, 0.4) is 0 Å². The molecule has 1 rings (SSSR count). The Bertz CT molecular complexity index is 336. The predicted molar refractivity (Wildman–Crippen MR) is 66.4 cm³/mol. The van der Waals surface area contributed by atoms with Crippen LogP contribution in [0.4, 0.5) is 0 Å². The van der Waals surface area contributed by atoms with Gasteiger partial charge in [0.1, 0.15) is 5.60 Å². The number of hydrogen-bond acceptors (Lipinski definition) is 2. The topological polar surface area (TPSA) is 18.5 Å². The van der Waals surface area contributed by atoms with Crippen molar-refractivity contribution in [2.24, 2.45) is 0 Å². The first-order valence-corrected chi connectivity index (χ1v) is 5.71. The van der Waals surface area contributed by atoms with E-state index in [4.69, 9.17) is 21.4 Å². The van der Waals surface area contributed by atoms with Crippen molar-refractivity contribution < 1.29 is 9.78 Å². The Morgan fingerprint density at radius 1 is 0.875 bits per heavy atom. The molecule has 0 heterocycles. The first kappa shape index (κ1) is 13.5. The molecule has 0 atom stereocenters. The Balaban J connectivity index is 2.73. The molecule has 0 aliphatic carbocycles. The first-order valence-electron chi connectivity index (χ1n) is 5.34. The summed E-state index contributed by atoms with van der Waals surface area (Å²) in [6, 6.07) is 7.57. The van der Waals surface area contributed by atoms with E-state index in [0.717, 1.165) is 10.6 Å². The van der Waals surface area contributed by atoms with E-state index in [1.807, 2.05) is 58.9 Å². The van der Waals surface area contributed by atoms with E-state index in [0.29, 0.717) is 0 Å². The summed E-state index contributed by atoms with van der Waals surface area (Å²) in [6.07, 6.45) is 0. The van der Waals surface area contributed by atoms with Crippen molar-refractivity contribution in [2.45, 2.75) is 45.8 Å². The van der Waals surface area contributed by atoms with Crippen LogP contribution in [0.25, 0.3) is 0 Å². The van der Waals surface area contributed by atoms with E-state index in [1.54, 1.807) is 0 Å². The van der Waals surface area contributed by atoms with Crippen molar-refractivity contribution in [1.29, 1.82) is 0 Å². The molecule has 0 fully saturated rings. The second-order valence-electron chi connectivity index (χ2n) is 5.30. The molecule has 1 aromatic carbocycles. The van der Waals surface area contributed by atoms with Crippen molar-refractivity contribution in [2.75, 3.05) is 0 Å². The molecule has 0 N–H and O–H groups in total. The van der Waals surface area contributed by atoms with Crippen molar-refractivity contribution >= 4 is 11.6 Å². The fraction of sp³-hybridized carbons (Fsp3) is 0.538. The van der Waals surface area contributed by atoms with Crippen molar-refractivity contribution in [3.63, 3.8) is 0 Å². The van der Waals surface area contributed by atoms with Gasteiger partial charge in [-0.15, -0.1) is 0 Å². The Morgan fingerprint density at radius 3 is 1.81 bits per heavy atom. The lowest BCUT2D eigenvalue weighted by Gasteiger charge is -2.28. The average Bonchev–Trinajstić information content (AvgIpc) is 2.15. The Hall–Kier alpha value is -0.570. The van der Waals surface area contributed by atoms with Crippen LogP contribution in [-0.4, -0.2) is 5.60 Å². The van der Waals surface area contributed by atoms with Crippen LogP contribution >= 0.6 is 11.6 Å². The molecule has 0 aromatic heterocycles. The minimum Gasteiger partial charge on any atom is -0.230 e. The molecule has 0 radical (unpaired) electrons. The van der Waals surface area contributed by atoms with E-state index in [-0.39, 0.29) is 5.60 Å². The number of hydrogen-bond donors (Lipinski definition) is 0. The molecule has 0 unspecified atom stereocenters. The lowest BCUT2D eigenvalue weighted by Crippen LogP contribution is -2.28. The maximum atomic E-state index is 5.84. The number of halogens is 1. The van der Waals surface area contributed by atoms with Gasteiger partial charge >= 0.3 is 0 Å². The summed E-state index contributed by atoms with van der Waals surface area (Å²) in [5, 5.41) is 0.719. The molecule has 0 bridgehead atoms. The highest BCUT2D eigenvalue weighted by Gasteiger charge is 2.25. The van der Waals surface area contributed by atoms with Crippen LogP contribution < -0.4 is 0 Å². The van der Waals surface area contributed by atoms with Crippen LogP contribution in [0.1, 0.15) is 40.2 Å². The van der Waals surface area contributed by atoms with Gasteiger partial charge in [-0.3, -0.25) is 0 Å². The zero-order chi connectivity index (χ0) is 12.4. The lowest BCUT2D eigenvalue weighted by atomic mass is 9.99. The highest BCUT2D eigenvalue weighted by molar-refractivity contribution is 6.30. The minimum atomic E-state index is -0.488. The van der Waals surface area contributed by atoms with Gasteiger partial charge in [0.25, 0.3) is 0 Å². The Morgan fingerprint density at radius 2 is 1.38 bits per heavy atom. The summed E-state index contributed by atoms with van der Waals surface area (Å²) in [4.78, 5) is 10.8. The monoisotopic (exact) mass is 242 g/mol. The molecule has 0 saturated heterocycles. The third kappa shape index (κ3) is 4.12. The van der Waals surface area contributed by atoms with Crippen LogP contribution in [0.5, 0.6) is 0 Å². The summed E-state index contributed by atoms with van der Waals surface area (Å²) >= 11 is 5.84. The van der Waals surface area contributed by atoms with Crippen LogP contribution in [0.15, 0.2) is 24.3 Å². The minimum absolute atomic E-state index is 0.316. The van der Waals surface area contributed by atoms with Crippen LogP contribution in [0.2, 0.25) is 5.02 Å². The van der Waals surface area contributed by atoms with E-state index in [2.05, 4.69) is 0 Å². The summed E-state index contributed by atoms with van der Waals surface area (Å²) in [7, 11) is 0. The fourth-order valence-corrected chi connectivity index (χ4v) is 1.25. The molecule has 0 aliphatic rings. The highest BCUT2D eigenvalue weighted by Crippen LogP contribution is 2.27. The molecule has 2 nitrogen and oxygen atoms in total. The van der Waals surface area contributed by atoms with Gasteiger partial charge in [-0.25, -0.2) is 9.78 Å². The fourth-order valence-electron chi connectivity index (χ4n) is 1.13. The molecular formula is C13H19ClO2. The smallest absolute Gasteiger partial charge is 0.123 e. The maximum absolute atomic E-state index is 5.84. The zero-order valence-corrected chi connectivity index (χ0v) is 11.3. The first-order chi connectivity index (χ1) is 7.21. The normalized spacial score (nSPS) is 12.9. The quantitative estimate of drug-likeness (QED) is 0.581. The average molecular weight is 243 g/mol. The standard InChI is InChI=1S/C13H19ClO2/c1-12(2,3)15-16-13(4,5)10-6-8-11(14)9-7-10/h6-9H,1-5H3. The van der Waals surface area contributed by atoms with Gasteiger partial charge < -0.3 is 0 Å². The molecule has 0 amide bonds. The zero-order valence-electron chi connectivity index (χ0n) is 10.5. The summed E-state index contributed by atoms with van der Waals surface area (Å²) in [6.45, 7) is 9.77. The van der Waals surface area contributed by atoms with Gasteiger partial charge in [0.15, 0.2) is 0 Å². The summed E-state index contributed by atoms with van der Waals surface area (Å²) in [5.41, 5.74) is 0.225. The number of benzene rings is 1. The number of rotatable bonds is 3. The molecule has 0 aliphatic heterocycles. The lowest BCUT2D eigenvalue weighted by molar-refractivity contribution is -0.401.